The SMILES string of the molecule is C=Cc1c(C=C)c(C=C)c(C=C)c(C=C)c1C=C.CC(=O)O.CC(=O)O.CC(=O)O.CC(=O)O.CC(=O)O. The van der Waals surface area contributed by atoms with Crippen LogP contribution in [0.2, 0.25) is 0 Å². The zero-order valence-electron chi connectivity index (χ0n) is 22.5. The molecule has 0 unspecified atom stereocenters. The molecule has 0 atom stereocenters. The summed E-state index contributed by atoms with van der Waals surface area (Å²) in [6, 6.07) is 0. The summed E-state index contributed by atoms with van der Waals surface area (Å²) in [6.45, 7) is 28.6. The molecular weight excluding hydrogens is 496 g/mol. The number of rotatable bonds is 6. The number of hydrogen-bond donors (Lipinski definition) is 5. The first-order valence-electron chi connectivity index (χ1n) is 10.3. The van der Waals surface area contributed by atoms with E-state index in [1.807, 2.05) is 0 Å². The molecule has 10 nitrogen and oxygen atoms in total. The third-order valence-corrected chi connectivity index (χ3v) is 2.97. The third kappa shape index (κ3) is 29.0. The third-order valence-electron chi connectivity index (χ3n) is 2.97. The summed E-state index contributed by atoms with van der Waals surface area (Å²) in [7, 11) is 0. The first kappa shape index (κ1) is 43.1. The summed E-state index contributed by atoms with van der Waals surface area (Å²) >= 11 is 0. The van der Waals surface area contributed by atoms with Gasteiger partial charge in [0, 0.05) is 34.6 Å². The molecule has 1 aromatic carbocycles. The Labute approximate surface area is 223 Å². The topological polar surface area (TPSA) is 186 Å². The summed E-state index contributed by atoms with van der Waals surface area (Å²) < 4.78 is 0. The van der Waals surface area contributed by atoms with Crippen molar-refractivity contribution in [1.82, 2.24) is 0 Å². The molecule has 0 bridgehead atoms. The van der Waals surface area contributed by atoms with E-state index in [1.54, 1.807) is 36.5 Å². The monoisotopic (exact) mass is 534 g/mol. The van der Waals surface area contributed by atoms with Crippen molar-refractivity contribution in [3.8, 4) is 0 Å². The quantitative estimate of drug-likeness (QED) is 0.290. The molecule has 0 saturated carbocycles. The standard InChI is InChI=1S/C18H18.5C2H4O2/c1-7-13-14(8-2)16(10-4)18(12-6)17(11-5)15(13)9-3;5*1-2(3)4/h7-12H,1-6H2;5*1H3,(H,3,4). The van der Waals surface area contributed by atoms with E-state index in [4.69, 9.17) is 49.5 Å². The van der Waals surface area contributed by atoms with Crippen LogP contribution in [0.3, 0.4) is 0 Å². The number of hydrogen-bond acceptors (Lipinski definition) is 5. The number of carbonyl (C=O) groups is 5. The van der Waals surface area contributed by atoms with Gasteiger partial charge in [-0.2, -0.15) is 0 Å². The molecule has 0 heterocycles. The van der Waals surface area contributed by atoms with Crippen molar-refractivity contribution >= 4 is 66.3 Å². The second-order valence-corrected chi connectivity index (χ2v) is 6.30. The van der Waals surface area contributed by atoms with E-state index in [0.29, 0.717) is 0 Å². The predicted octanol–water partition coefficient (Wildman–Crippen LogP) is 6.00. The van der Waals surface area contributed by atoms with Gasteiger partial charge in [-0.3, -0.25) is 24.0 Å². The number of carboxylic acid groups (broad SMARTS) is 5. The smallest absolute Gasteiger partial charge is 0.300 e. The summed E-state index contributed by atoms with van der Waals surface area (Å²) in [5.41, 5.74) is 5.97. The fourth-order valence-corrected chi connectivity index (χ4v) is 2.19. The van der Waals surface area contributed by atoms with E-state index < -0.39 is 29.8 Å². The lowest BCUT2D eigenvalue weighted by molar-refractivity contribution is -0.135. The number of aliphatic carboxylic acids is 5. The molecular formula is C28H38O10. The van der Waals surface area contributed by atoms with Crippen molar-refractivity contribution in [2.45, 2.75) is 34.6 Å². The Morgan fingerprint density at radius 2 is 0.421 bits per heavy atom. The average molecular weight is 535 g/mol. The van der Waals surface area contributed by atoms with E-state index in [1.165, 1.54) is 0 Å². The molecule has 5 N–H and O–H groups in total. The van der Waals surface area contributed by atoms with Gasteiger partial charge < -0.3 is 25.5 Å². The largest absolute Gasteiger partial charge is 0.481 e. The normalized spacial score (nSPS) is 7.71. The maximum Gasteiger partial charge on any atom is 0.300 e. The molecule has 0 saturated heterocycles. The van der Waals surface area contributed by atoms with E-state index in [0.717, 1.165) is 68.0 Å². The van der Waals surface area contributed by atoms with Gasteiger partial charge in [0.05, 0.1) is 0 Å². The van der Waals surface area contributed by atoms with Crippen LogP contribution in [-0.4, -0.2) is 55.4 Å². The lowest BCUT2D eigenvalue weighted by Crippen LogP contribution is -1.99. The molecule has 0 spiro atoms. The molecule has 0 radical (unpaired) electrons. The summed E-state index contributed by atoms with van der Waals surface area (Å²) in [5.74, 6) is -4.17. The van der Waals surface area contributed by atoms with Gasteiger partial charge in [0.25, 0.3) is 29.8 Å². The predicted molar refractivity (Wildman–Crippen MR) is 154 cm³/mol. The van der Waals surface area contributed by atoms with Crippen LogP contribution in [0.4, 0.5) is 0 Å². The highest BCUT2D eigenvalue weighted by Gasteiger charge is 2.14. The van der Waals surface area contributed by atoms with Crippen LogP contribution < -0.4 is 0 Å². The maximum atomic E-state index is 9.00. The maximum absolute atomic E-state index is 9.00. The van der Waals surface area contributed by atoms with Crippen LogP contribution in [0.15, 0.2) is 39.5 Å². The van der Waals surface area contributed by atoms with Gasteiger partial charge in [-0.25, -0.2) is 0 Å². The van der Waals surface area contributed by atoms with Crippen molar-refractivity contribution in [2.24, 2.45) is 0 Å². The lowest BCUT2D eigenvalue weighted by Gasteiger charge is -2.18. The van der Waals surface area contributed by atoms with Crippen LogP contribution >= 0.6 is 0 Å². The Balaban J connectivity index is -0.000000148. The summed E-state index contributed by atoms with van der Waals surface area (Å²) in [6.07, 6.45) is 10.8. The van der Waals surface area contributed by atoms with Gasteiger partial charge in [0.2, 0.25) is 0 Å². The Hall–Kier alpha value is -4.99. The van der Waals surface area contributed by atoms with Crippen LogP contribution in [0.1, 0.15) is 68.0 Å². The van der Waals surface area contributed by atoms with Crippen LogP contribution in [0, 0.1) is 0 Å². The van der Waals surface area contributed by atoms with E-state index in [-0.39, 0.29) is 0 Å². The van der Waals surface area contributed by atoms with Crippen molar-refractivity contribution < 1.29 is 49.5 Å². The first-order chi connectivity index (χ1) is 17.4. The van der Waals surface area contributed by atoms with Gasteiger partial charge in [0.1, 0.15) is 0 Å². The van der Waals surface area contributed by atoms with E-state index in [9.17, 15) is 0 Å². The van der Waals surface area contributed by atoms with Gasteiger partial charge in [-0.05, 0) is 33.4 Å². The van der Waals surface area contributed by atoms with Crippen LogP contribution in [-0.2, 0) is 24.0 Å². The highest BCUT2D eigenvalue weighted by Crippen LogP contribution is 2.33. The van der Waals surface area contributed by atoms with Crippen LogP contribution in [0.25, 0.3) is 36.5 Å². The zero-order chi connectivity index (χ0) is 31.6. The molecule has 210 valence electrons. The molecule has 0 aromatic heterocycles. The second-order valence-electron chi connectivity index (χ2n) is 6.30. The van der Waals surface area contributed by atoms with Crippen molar-refractivity contribution in [1.29, 1.82) is 0 Å². The first-order valence-corrected chi connectivity index (χ1v) is 10.3. The van der Waals surface area contributed by atoms with Crippen molar-refractivity contribution in [2.75, 3.05) is 0 Å². The Kier molecular flexibility index (Phi) is 30.2. The Morgan fingerprint density at radius 3 is 0.447 bits per heavy atom. The highest BCUT2D eigenvalue weighted by molar-refractivity contribution is 5.89. The molecule has 0 amide bonds. The van der Waals surface area contributed by atoms with Crippen molar-refractivity contribution in [3.05, 3.63) is 72.9 Å². The second kappa shape index (κ2) is 26.6. The number of carboxylic acids is 5. The highest BCUT2D eigenvalue weighted by atomic mass is 16.4. The molecule has 0 fully saturated rings. The summed E-state index contributed by atoms with van der Waals surface area (Å²) in [4.78, 5) is 45.0. The van der Waals surface area contributed by atoms with Gasteiger partial charge in [-0.15, -0.1) is 0 Å². The molecule has 1 aromatic rings. The molecule has 0 aliphatic rings. The minimum Gasteiger partial charge on any atom is -0.481 e. The summed E-state index contributed by atoms with van der Waals surface area (Å²) in [5, 5.41) is 37.1. The van der Waals surface area contributed by atoms with Crippen LogP contribution in [0.5, 0.6) is 0 Å². The number of benzene rings is 1. The fraction of sp³-hybridized carbons (Fsp3) is 0.179. The lowest BCUT2D eigenvalue weighted by atomic mass is 9.86. The minimum absolute atomic E-state index is 0.833. The average Bonchev–Trinajstić information content (AvgIpc) is 2.74. The fourth-order valence-electron chi connectivity index (χ4n) is 2.19. The molecule has 0 aliphatic carbocycles. The molecule has 0 aliphatic heterocycles. The van der Waals surface area contributed by atoms with E-state index in [2.05, 4.69) is 39.5 Å². The van der Waals surface area contributed by atoms with E-state index >= 15 is 0 Å². The van der Waals surface area contributed by atoms with Crippen molar-refractivity contribution in [3.63, 3.8) is 0 Å². The van der Waals surface area contributed by atoms with Gasteiger partial charge in [-0.1, -0.05) is 75.9 Å². The zero-order valence-corrected chi connectivity index (χ0v) is 22.5. The molecule has 1 rings (SSSR count). The Bertz CT molecular complexity index is 774. The molecule has 10 heteroatoms. The molecule has 38 heavy (non-hydrogen) atoms. The Morgan fingerprint density at radius 1 is 0.368 bits per heavy atom. The minimum atomic E-state index is -0.833. The van der Waals surface area contributed by atoms with Gasteiger partial charge in [0.15, 0.2) is 0 Å². The van der Waals surface area contributed by atoms with Gasteiger partial charge >= 0.3 is 0 Å².